The lowest BCUT2D eigenvalue weighted by atomic mass is 10.0. The van der Waals surface area contributed by atoms with Gasteiger partial charge in [0.15, 0.2) is 11.9 Å². The van der Waals surface area contributed by atoms with Gasteiger partial charge in [-0.2, -0.15) is 0 Å². The van der Waals surface area contributed by atoms with E-state index in [9.17, 15) is 23.8 Å². The number of esters is 2. The van der Waals surface area contributed by atoms with E-state index in [0.29, 0.717) is 19.3 Å². The maximum absolute atomic E-state index is 12.5. The van der Waals surface area contributed by atoms with Crippen LogP contribution in [-0.2, 0) is 37.5 Å². The normalized spacial score (nSPS) is 13.5. The molecule has 0 rings (SSSR count). The number of nitrogens with two attached hydrogens (primary N) is 1. The molecule has 50 heavy (non-hydrogen) atoms. The Balaban J connectivity index is 4.28. The van der Waals surface area contributed by atoms with Gasteiger partial charge in [0.25, 0.3) is 0 Å². The number of carbonyl (C=O) groups is 3. The summed E-state index contributed by atoms with van der Waals surface area (Å²) in [6, 6.07) is 0. The number of carbonyl (C=O) groups excluding carboxylic acids is 3. The maximum atomic E-state index is 12.5. The van der Waals surface area contributed by atoms with Gasteiger partial charge in [0.2, 0.25) is 0 Å². The minimum atomic E-state index is -4.39. The van der Waals surface area contributed by atoms with Gasteiger partial charge in [0.05, 0.1) is 13.2 Å². The van der Waals surface area contributed by atoms with Gasteiger partial charge in [-0.3, -0.25) is 23.4 Å². The Morgan fingerprint density at radius 2 is 1.14 bits per heavy atom. The van der Waals surface area contributed by atoms with Crippen LogP contribution in [0, 0.1) is 0 Å². The Hall–Kier alpha value is -1.84. The lowest BCUT2D eigenvalue weighted by molar-refractivity contribution is -0.161. The van der Waals surface area contributed by atoms with Crippen molar-refractivity contribution in [3.8, 4) is 0 Å². The summed E-state index contributed by atoms with van der Waals surface area (Å²) in [5.41, 5.74) is 5.32. The molecule has 10 nitrogen and oxygen atoms in total. The summed E-state index contributed by atoms with van der Waals surface area (Å²) in [5, 5.41) is 0. The van der Waals surface area contributed by atoms with E-state index in [1.807, 2.05) is 12.2 Å². The number of allylic oxidation sites excluding steroid dienone is 4. The lowest BCUT2D eigenvalue weighted by Gasteiger charge is -2.19. The number of hydrogen-bond donors (Lipinski definition) is 2. The molecule has 3 N–H and O–H groups in total. The first kappa shape index (κ1) is 48.2. The van der Waals surface area contributed by atoms with Crippen LogP contribution in [0.2, 0.25) is 0 Å². The zero-order valence-electron chi connectivity index (χ0n) is 31.6. The SMILES string of the molecule is CCCCC/C=C\C=C\C(=O)CCCCCCCC(=O)OC[C@H](COP(=O)(O)OCCN)OC(=O)CCCCCCCCCCCCCCC. The molecule has 0 aromatic carbocycles. The fourth-order valence-corrected chi connectivity index (χ4v) is 6.09. The molecule has 0 aromatic heterocycles. The molecule has 1 unspecified atom stereocenters. The van der Waals surface area contributed by atoms with E-state index in [1.54, 1.807) is 6.08 Å². The van der Waals surface area contributed by atoms with Crippen molar-refractivity contribution in [2.24, 2.45) is 5.73 Å². The molecule has 0 bridgehead atoms. The van der Waals surface area contributed by atoms with Crippen molar-refractivity contribution in [3.63, 3.8) is 0 Å². The molecular weight excluding hydrogens is 657 g/mol. The van der Waals surface area contributed by atoms with Crippen molar-refractivity contribution < 1.29 is 42.4 Å². The number of hydrogen-bond acceptors (Lipinski definition) is 9. The van der Waals surface area contributed by atoms with Gasteiger partial charge in [0.1, 0.15) is 6.61 Å². The Kier molecular flexibility index (Phi) is 34.2. The number of phosphoric ester groups is 1. The number of ketones is 1. The van der Waals surface area contributed by atoms with Gasteiger partial charge in [-0.05, 0) is 38.2 Å². The van der Waals surface area contributed by atoms with Crippen molar-refractivity contribution >= 4 is 25.5 Å². The summed E-state index contributed by atoms with van der Waals surface area (Å²) >= 11 is 0. The fourth-order valence-electron chi connectivity index (χ4n) is 5.32. The fraction of sp³-hybridized carbons (Fsp3) is 0.821. The molecule has 0 fully saturated rings. The van der Waals surface area contributed by atoms with Crippen molar-refractivity contribution in [1.29, 1.82) is 0 Å². The molecule has 0 amide bonds. The van der Waals surface area contributed by atoms with E-state index in [1.165, 1.54) is 77.0 Å². The topological polar surface area (TPSA) is 151 Å². The van der Waals surface area contributed by atoms with Crippen molar-refractivity contribution in [1.82, 2.24) is 0 Å². The van der Waals surface area contributed by atoms with Crippen molar-refractivity contribution in [2.75, 3.05) is 26.4 Å². The predicted octanol–water partition coefficient (Wildman–Crippen LogP) is 10.0. The first-order chi connectivity index (χ1) is 24.2. The largest absolute Gasteiger partial charge is 0.472 e. The summed E-state index contributed by atoms with van der Waals surface area (Å²) in [6.45, 7) is 3.54. The summed E-state index contributed by atoms with van der Waals surface area (Å²) in [7, 11) is -4.39. The van der Waals surface area contributed by atoms with E-state index in [4.69, 9.17) is 24.3 Å². The van der Waals surface area contributed by atoms with Gasteiger partial charge in [-0.25, -0.2) is 4.57 Å². The standard InChI is InChI=1S/C39H72NO9P/c1-3-5-7-9-11-12-13-14-15-16-18-22-27-31-39(43)49-37(35-48-50(44,45)47-33-32-40)34-46-38(42)30-26-23-19-21-25-29-36(41)28-24-20-17-10-8-6-4-2/h17,20,24,28,37H,3-16,18-19,21-23,25-27,29-35,40H2,1-2H3,(H,44,45)/b20-17-,28-24+/t37-/m1/s1. The average molecular weight is 730 g/mol. The highest BCUT2D eigenvalue weighted by Gasteiger charge is 2.26. The second-order valence-electron chi connectivity index (χ2n) is 13.2. The Bertz CT molecular complexity index is 941. The second kappa shape index (κ2) is 35.6. The molecule has 11 heteroatoms. The third-order valence-electron chi connectivity index (χ3n) is 8.32. The molecule has 2 atom stereocenters. The first-order valence-corrected chi connectivity index (χ1v) is 21.3. The highest BCUT2D eigenvalue weighted by atomic mass is 31.2. The van der Waals surface area contributed by atoms with E-state index in [2.05, 4.69) is 19.9 Å². The van der Waals surface area contributed by atoms with Crippen LogP contribution in [0.4, 0.5) is 0 Å². The monoisotopic (exact) mass is 729 g/mol. The quantitative estimate of drug-likeness (QED) is 0.0208. The average Bonchev–Trinajstić information content (AvgIpc) is 3.09. The van der Waals surface area contributed by atoms with E-state index in [0.717, 1.165) is 51.4 Å². The number of phosphoric acid groups is 1. The lowest BCUT2D eigenvalue weighted by Crippen LogP contribution is -2.29. The van der Waals surface area contributed by atoms with Crippen molar-refractivity contribution in [3.05, 3.63) is 24.3 Å². The highest BCUT2D eigenvalue weighted by Crippen LogP contribution is 2.43. The third-order valence-corrected chi connectivity index (χ3v) is 9.30. The molecule has 0 radical (unpaired) electrons. The van der Waals surface area contributed by atoms with E-state index in [-0.39, 0.29) is 38.4 Å². The van der Waals surface area contributed by atoms with Crippen LogP contribution in [0.1, 0.15) is 174 Å². The molecule has 0 heterocycles. The van der Waals surface area contributed by atoms with Crippen LogP contribution in [-0.4, -0.2) is 55.1 Å². The van der Waals surface area contributed by atoms with Gasteiger partial charge in [0, 0.05) is 25.8 Å². The molecule has 0 aliphatic heterocycles. The summed E-state index contributed by atoms with van der Waals surface area (Å²) in [6.07, 6.45) is 31.7. The van der Waals surface area contributed by atoms with Crippen LogP contribution >= 0.6 is 7.82 Å². The van der Waals surface area contributed by atoms with Gasteiger partial charge < -0.3 is 20.1 Å². The zero-order valence-corrected chi connectivity index (χ0v) is 32.5. The molecule has 0 saturated heterocycles. The van der Waals surface area contributed by atoms with Crippen molar-refractivity contribution in [2.45, 2.75) is 180 Å². The van der Waals surface area contributed by atoms with Gasteiger partial charge in [-0.1, -0.05) is 141 Å². The molecular formula is C39H72NO9P. The van der Waals surface area contributed by atoms with Crippen LogP contribution in [0.3, 0.4) is 0 Å². The summed E-state index contributed by atoms with van der Waals surface area (Å²) < 4.78 is 32.6. The van der Waals surface area contributed by atoms with E-state index < -0.39 is 32.5 Å². The van der Waals surface area contributed by atoms with Gasteiger partial charge in [-0.15, -0.1) is 0 Å². The Morgan fingerprint density at radius 1 is 0.640 bits per heavy atom. The number of ether oxygens (including phenoxy) is 2. The third kappa shape index (κ3) is 34.6. The molecule has 0 spiro atoms. The van der Waals surface area contributed by atoms with Gasteiger partial charge >= 0.3 is 19.8 Å². The minimum absolute atomic E-state index is 0.0374. The number of unbranched alkanes of at least 4 members (excludes halogenated alkanes) is 19. The van der Waals surface area contributed by atoms with Crippen LogP contribution < -0.4 is 5.73 Å². The minimum Gasteiger partial charge on any atom is -0.462 e. The van der Waals surface area contributed by atoms with Crippen LogP contribution in [0.15, 0.2) is 24.3 Å². The van der Waals surface area contributed by atoms with E-state index >= 15 is 0 Å². The van der Waals surface area contributed by atoms with Crippen LogP contribution in [0.25, 0.3) is 0 Å². The smallest absolute Gasteiger partial charge is 0.462 e. The number of rotatable bonds is 37. The Morgan fingerprint density at radius 3 is 1.70 bits per heavy atom. The highest BCUT2D eigenvalue weighted by molar-refractivity contribution is 7.47. The summed E-state index contributed by atoms with van der Waals surface area (Å²) in [5.74, 6) is -0.794. The summed E-state index contributed by atoms with van der Waals surface area (Å²) in [4.78, 5) is 46.7. The molecule has 0 aromatic rings. The second-order valence-corrected chi connectivity index (χ2v) is 14.6. The molecule has 292 valence electrons. The molecule has 0 aliphatic rings. The molecule has 0 aliphatic carbocycles. The first-order valence-electron chi connectivity index (χ1n) is 19.8. The zero-order chi connectivity index (χ0) is 37.0. The molecule has 0 saturated carbocycles. The predicted molar refractivity (Wildman–Crippen MR) is 202 cm³/mol. The maximum Gasteiger partial charge on any atom is 0.472 e. The Labute approximate surface area is 304 Å². The van der Waals surface area contributed by atoms with Crippen LogP contribution in [0.5, 0.6) is 0 Å².